The summed E-state index contributed by atoms with van der Waals surface area (Å²) in [6.45, 7) is 4.04. The van der Waals surface area contributed by atoms with Crippen LogP contribution in [0.2, 0.25) is 0 Å². The summed E-state index contributed by atoms with van der Waals surface area (Å²) in [6, 6.07) is 0.0258. The second kappa shape index (κ2) is 4.03. The Kier molecular flexibility index (Phi) is 2.82. The summed E-state index contributed by atoms with van der Waals surface area (Å²) in [6.07, 6.45) is 3.39. The first-order valence-electron chi connectivity index (χ1n) is 5.65. The SMILES string of the molecule is CC1(C)C(O)CC1NC(=O)Cn1cc(N)cn1. The van der Waals surface area contributed by atoms with Gasteiger partial charge in [0.1, 0.15) is 6.54 Å². The van der Waals surface area contributed by atoms with Crippen molar-refractivity contribution in [2.24, 2.45) is 5.41 Å². The first kappa shape index (κ1) is 11.9. The molecule has 1 aliphatic rings. The van der Waals surface area contributed by atoms with E-state index in [0.29, 0.717) is 12.1 Å². The molecule has 1 heterocycles. The highest BCUT2D eigenvalue weighted by Crippen LogP contribution is 2.40. The smallest absolute Gasteiger partial charge is 0.241 e. The van der Waals surface area contributed by atoms with Gasteiger partial charge in [-0.25, -0.2) is 0 Å². The van der Waals surface area contributed by atoms with E-state index in [1.54, 1.807) is 6.20 Å². The van der Waals surface area contributed by atoms with Gasteiger partial charge < -0.3 is 16.2 Å². The second-order valence-corrected chi connectivity index (χ2v) is 5.16. The number of nitrogens with two attached hydrogens (primary N) is 1. The molecule has 1 aliphatic carbocycles. The number of aliphatic hydroxyl groups excluding tert-OH is 1. The van der Waals surface area contributed by atoms with Gasteiger partial charge in [-0.15, -0.1) is 0 Å². The molecule has 0 spiro atoms. The lowest BCUT2D eigenvalue weighted by Crippen LogP contribution is -2.61. The van der Waals surface area contributed by atoms with Crippen LogP contribution in [0.5, 0.6) is 0 Å². The molecular formula is C11H18N4O2. The predicted molar refractivity (Wildman–Crippen MR) is 63.0 cm³/mol. The van der Waals surface area contributed by atoms with E-state index < -0.39 is 0 Å². The maximum absolute atomic E-state index is 11.7. The normalized spacial score (nSPS) is 26.3. The van der Waals surface area contributed by atoms with Gasteiger partial charge in [0.25, 0.3) is 0 Å². The Labute approximate surface area is 99.8 Å². The molecular weight excluding hydrogens is 220 g/mol. The van der Waals surface area contributed by atoms with Gasteiger partial charge in [-0.05, 0) is 6.42 Å². The number of nitrogen functional groups attached to an aromatic ring is 1. The van der Waals surface area contributed by atoms with Crippen molar-refractivity contribution in [3.8, 4) is 0 Å². The highest BCUT2D eigenvalue weighted by Gasteiger charge is 2.47. The average molecular weight is 238 g/mol. The van der Waals surface area contributed by atoms with Gasteiger partial charge in [0.2, 0.25) is 5.91 Å². The number of carbonyl (C=O) groups is 1. The van der Waals surface area contributed by atoms with Crippen LogP contribution in [-0.2, 0) is 11.3 Å². The summed E-state index contributed by atoms with van der Waals surface area (Å²) in [5, 5.41) is 16.4. The predicted octanol–water partition coefficient (Wildman–Crippen LogP) is -0.259. The van der Waals surface area contributed by atoms with E-state index >= 15 is 0 Å². The zero-order valence-electron chi connectivity index (χ0n) is 10.1. The fraction of sp³-hybridized carbons (Fsp3) is 0.636. The Hall–Kier alpha value is -1.56. The van der Waals surface area contributed by atoms with Crippen molar-refractivity contribution < 1.29 is 9.90 Å². The topological polar surface area (TPSA) is 93.2 Å². The van der Waals surface area contributed by atoms with E-state index in [1.807, 2.05) is 13.8 Å². The Morgan fingerprint density at radius 1 is 1.76 bits per heavy atom. The first-order valence-corrected chi connectivity index (χ1v) is 5.65. The quantitative estimate of drug-likeness (QED) is 0.676. The number of nitrogens with one attached hydrogen (secondary N) is 1. The summed E-state index contributed by atoms with van der Waals surface area (Å²) in [4.78, 5) is 11.7. The molecule has 4 N–H and O–H groups in total. The van der Waals surface area contributed by atoms with Crippen molar-refractivity contribution in [1.29, 1.82) is 0 Å². The van der Waals surface area contributed by atoms with Gasteiger partial charge in [-0.2, -0.15) is 5.10 Å². The van der Waals surface area contributed by atoms with Crippen molar-refractivity contribution in [2.75, 3.05) is 5.73 Å². The number of rotatable bonds is 3. The van der Waals surface area contributed by atoms with Crippen molar-refractivity contribution >= 4 is 11.6 Å². The maximum atomic E-state index is 11.7. The number of hydrogen-bond donors (Lipinski definition) is 3. The molecule has 6 heteroatoms. The van der Waals surface area contributed by atoms with Crippen LogP contribution in [0.15, 0.2) is 12.4 Å². The third-order valence-electron chi connectivity index (χ3n) is 3.51. The van der Waals surface area contributed by atoms with Crippen molar-refractivity contribution in [1.82, 2.24) is 15.1 Å². The zero-order valence-corrected chi connectivity index (χ0v) is 10.1. The summed E-state index contributed by atoms with van der Waals surface area (Å²) in [5.74, 6) is -0.113. The average Bonchev–Trinajstić information content (AvgIpc) is 2.63. The van der Waals surface area contributed by atoms with E-state index in [4.69, 9.17) is 5.73 Å². The molecule has 1 fully saturated rings. The Morgan fingerprint density at radius 3 is 2.94 bits per heavy atom. The van der Waals surface area contributed by atoms with Gasteiger partial charge in [-0.3, -0.25) is 9.48 Å². The monoisotopic (exact) mass is 238 g/mol. The Balaban J connectivity index is 1.87. The van der Waals surface area contributed by atoms with E-state index in [2.05, 4.69) is 10.4 Å². The van der Waals surface area contributed by atoms with Crippen LogP contribution in [-0.4, -0.2) is 32.9 Å². The molecule has 6 nitrogen and oxygen atoms in total. The standard InChI is InChI=1S/C11H18N4O2/c1-11(2)8(3-9(11)16)14-10(17)6-15-5-7(12)4-13-15/h4-5,8-9,16H,3,6,12H2,1-2H3,(H,14,17). The third-order valence-corrected chi connectivity index (χ3v) is 3.51. The lowest BCUT2D eigenvalue weighted by molar-refractivity contribution is -0.130. The molecule has 2 unspecified atom stereocenters. The number of hydrogen-bond acceptors (Lipinski definition) is 4. The van der Waals surface area contributed by atoms with Gasteiger partial charge in [0, 0.05) is 17.7 Å². The first-order chi connectivity index (χ1) is 7.89. The minimum absolute atomic E-state index is 0.0258. The lowest BCUT2D eigenvalue weighted by Gasteiger charge is -2.49. The molecule has 1 saturated carbocycles. The summed E-state index contributed by atoms with van der Waals surface area (Å²) in [5.41, 5.74) is 5.79. The number of aliphatic hydroxyl groups is 1. The molecule has 0 bridgehead atoms. The van der Waals surface area contributed by atoms with Crippen LogP contribution in [0.1, 0.15) is 20.3 Å². The molecule has 2 atom stereocenters. The molecule has 0 radical (unpaired) electrons. The minimum atomic E-state index is -0.340. The van der Waals surface area contributed by atoms with Gasteiger partial charge in [0.15, 0.2) is 0 Å². The van der Waals surface area contributed by atoms with E-state index in [-0.39, 0.29) is 30.0 Å². The molecule has 0 saturated heterocycles. The highest BCUT2D eigenvalue weighted by atomic mass is 16.3. The van der Waals surface area contributed by atoms with Crippen molar-refractivity contribution in [3.05, 3.63) is 12.4 Å². The van der Waals surface area contributed by atoms with Gasteiger partial charge in [-0.1, -0.05) is 13.8 Å². The van der Waals surface area contributed by atoms with Crippen LogP contribution in [0.3, 0.4) is 0 Å². The van der Waals surface area contributed by atoms with E-state index in [0.717, 1.165) is 0 Å². The van der Waals surface area contributed by atoms with Crippen LogP contribution >= 0.6 is 0 Å². The van der Waals surface area contributed by atoms with Crippen molar-refractivity contribution in [2.45, 2.75) is 39.0 Å². The minimum Gasteiger partial charge on any atom is -0.396 e. The van der Waals surface area contributed by atoms with Crippen LogP contribution in [0.4, 0.5) is 5.69 Å². The summed E-state index contributed by atoms with van der Waals surface area (Å²) in [7, 11) is 0. The summed E-state index contributed by atoms with van der Waals surface area (Å²) >= 11 is 0. The maximum Gasteiger partial charge on any atom is 0.241 e. The fourth-order valence-electron chi connectivity index (χ4n) is 2.00. The van der Waals surface area contributed by atoms with E-state index in [9.17, 15) is 9.90 Å². The number of aromatic nitrogens is 2. The highest BCUT2D eigenvalue weighted by molar-refractivity contribution is 5.76. The van der Waals surface area contributed by atoms with Gasteiger partial charge >= 0.3 is 0 Å². The molecule has 0 aliphatic heterocycles. The number of anilines is 1. The zero-order chi connectivity index (χ0) is 12.6. The largest absolute Gasteiger partial charge is 0.396 e. The lowest BCUT2D eigenvalue weighted by atomic mass is 9.64. The fourth-order valence-corrected chi connectivity index (χ4v) is 2.00. The van der Waals surface area contributed by atoms with Crippen LogP contribution in [0, 0.1) is 5.41 Å². The molecule has 2 rings (SSSR count). The molecule has 94 valence electrons. The second-order valence-electron chi connectivity index (χ2n) is 5.16. The molecule has 17 heavy (non-hydrogen) atoms. The van der Waals surface area contributed by atoms with Gasteiger partial charge in [0.05, 0.1) is 18.0 Å². The number of carbonyl (C=O) groups excluding carboxylic acids is 1. The molecule has 1 amide bonds. The molecule has 0 aromatic carbocycles. The molecule has 1 aromatic heterocycles. The molecule has 1 aromatic rings. The van der Waals surface area contributed by atoms with E-state index in [1.165, 1.54) is 10.9 Å². The Morgan fingerprint density at radius 2 is 2.47 bits per heavy atom. The number of amides is 1. The summed E-state index contributed by atoms with van der Waals surface area (Å²) < 4.78 is 1.49. The van der Waals surface area contributed by atoms with Crippen molar-refractivity contribution in [3.63, 3.8) is 0 Å². The van der Waals surface area contributed by atoms with Crippen LogP contribution in [0.25, 0.3) is 0 Å². The van der Waals surface area contributed by atoms with Crippen LogP contribution < -0.4 is 11.1 Å². The number of nitrogens with zero attached hydrogens (tertiary/aromatic N) is 2. The third kappa shape index (κ3) is 2.26. The Bertz CT molecular complexity index is 427.